The highest BCUT2D eigenvalue weighted by Gasteiger charge is 2.34. The summed E-state index contributed by atoms with van der Waals surface area (Å²) in [6.07, 6.45) is 0.643. The molecule has 0 atom stereocenters. The molecule has 1 aromatic heterocycles. The summed E-state index contributed by atoms with van der Waals surface area (Å²) >= 11 is 0. The van der Waals surface area contributed by atoms with Gasteiger partial charge in [-0.05, 0) is 13.0 Å². The first kappa shape index (κ1) is 7.76. The number of H-pyrrole nitrogens is 1. The highest BCUT2D eigenvalue weighted by atomic mass is 16.3. The topological polar surface area (TPSA) is 60.9 Å². The van der Waals surface area contributed by atoms with E-state index in [0.29, 0.717) is 19.5 Å². The van der Waals surface area contributed by atoms with Gasteiger partial charge in [-0.2, -0.15) is 5.10 Å². The molecule has 1 fully saturated rings. The van der Waals surface area contributed by atoms with Crippen molar-refractivity contribution < 1.29 is 5.11 Å². The molecule has 66 valence electrons. The number of nitrogens with zero attached hydrogens (tertiary/aromatic N) is 1. The van der Waals surface area contributed by atoms with E-state index in [0.717, 1.165) is 11.4 Å². The molecule has 12 heavy (non-hydrogen) atoms. The monoisotopic (exact) mass is 167 g/mol. The second-order valence-corrected chi connectivity index (χ2v) is 3.55. The second kappa shape index (κ2) is 2.57. The molecule has 1 aromatic rings. The Balaban J connectivity index is 2.03. The van der Waals surface area contributed by atoms with Gasteiger partial charge in [0.15, 0.2) is 0 Å². The third kappa shape index (κ3) is 1.35. The van der Waals surface area contributed by atoms with Crippen LogP contribution < -0.4 is 5.32 Å². The first-order chi connectivity index (χ1) is 5.68. The van der Waals surface area contributed by atoms with Crippen LogP contribution in [0, 0.1) is 6.92 Å². The largest absolute Gasteiger partial charge is 0.387 e. The van der Waals surface area contributed by atoms with E-state index in [1.807, 2.05) is 13.0 Å². The predicted octanol–water partition coefficient (Wildman–Crippen LogP) is -0.405. The lowest BCUT2D eigenvalue weighted by Gasteiger charge is -2.37. The van der Waals surface area contributed by atoms with Gasteiger partial charge < -0.3 is 10.4 Å². The molecule has 3 N–H and O–H groups in total. The Labute approximate surface area is 71.0 Å². The summed E-state index contributed by atoms with van der Waals surface area (Å²) in [6, 6.07) is 1.97. The maximum Gasteiger partial charge on any atom is 0.0950 e. The summed E-state index contributed by atoms with van der Waals surface area (Å²) in [6.45, 7) is 3.32. The molecule has 0 bridgehead atoms. The van der Waals surface area contributed by atoms with Crippen molar-refractivity contribution in [2.75, 3.05) is 13.1 Å². The number of hydrogen-bond acceptors (Lipinski definition) is 3. The number of hydrogen-bond donors (Lipinski definition) is 3. The van der Waals surface area contributed by atoms with Crippen molar-refractivity contribution in [2.24, 2.45) is 0 Å². The van der Waals surface area contributed by atoms with E-state index in [1.54, 1.807) is 0 Å². The third-order valence-electron chi connectivity index (χ3n) is 2.18. The first-order valence-corrected chi connectivity index (χ1v) is 4.12. The zero-order chi connectivity index (χ0) is 8.60. The lowest BCUT2D eigenvalue weighted by Crippen LogP contribution is -2.60. The molecule has 0 amide bonds. The van der Waals surface area contributed by atoms with Gasteiger partial charge >= 0.3 is 0 Å². The number of aryl methyl sites for hydroxylation is 1. The molecule has 0 aliphatic carbocycles. The maximum atomic E-state index is 9.76. The van der Waals surface area contributed by atoms with Crippen LogP contribution in [0.25, 0.3) is 0 Å². The van der Waals surface area contributed by atoms with Gasteiger partial charge in [-0.3, -0.25) is 5.10 Å². The van der Waals surface area contributed by atoms with Gasteiger partial charge in [0.25, 0.3) is 0 Å². The van der Waals surface area contributed by atoms with Gasteiger partial charge in [0.2, 0.25) is 0 Å². The minimum Gasteiger partial charge on any atom is -0.387 e. The van der Waals surface area contributed by atoms with E-state index in [-0.39, 0.29) is 0 Å². The average molecular weight is 167 g/mol. The summed E-state index contributed by atoms with van der Waals surface area (Å²) in [5.41, 5.74) is 1.43. The van der Waals surface area contributed by atoms with Gasteiger partial charge in [-0.15, -0.1) is 0 Å². The van der Waals surface area contributed by atoms with Gasteiger partial charge in [0.1, 0.15) is 0 Å². The zero-order valence-corrected chi connectivity index (χ0v) is 7.09. The van der Waals surface area contributed by atoms with Crippen LogP contribution in [0.2, 0.25) is 0 Å². The van der Waals surface area contributed by atoms with Crippen molar-refractivity contribution >= 4 is 0 Å². The fraction of sp³-hybridized carbons (Fsp3) is 0.625. The number of β-amino-alcohol motifs (C(OH)–C–C–N with tert-alkyl or cyclic N) is 1. The zero-order valence-electron chi connectivity index (χ0n) is 7.09. The Morgan fingerprint density at radius 1 is 1.67 bits per heavy atom. The van der Waals surface area contributed by atoms with Crippen LogP contribution in [0.3, 0.4) is 0 Å². The summed E-state index contributed by atoms with van der Waals surface area (Å²) < 4.78 is 0. The summed E-state index contributed by atoms with van der Waals surface area (Å²) in [5, 5.41) is 19.7. The summed E-state index contributed by atoms with van der Waals surface area (Å²) in [5.74, 6) is 0. The van der Waals surface area contributed by atoms with Gasteiger partial charge in [0, 0.05) is 25.2 Å². The molecule has 0 saturated carbocycles. The van der Waals surface area contributed by atoms with Crippen LogP contribution in [0.15, 0.2) is 6.07 Å². The lowest BCUT2D eigenvalue weighted by molar-refractivity contribution is -0.00982. The van der Waals surface area contributed by atoms with Crippen molar-refractivity contribution in [1.82, 2.24) is 15.5 Å². The van der Waals surface area contributed by atoms with E-state index in [2.05, 4.69) is 15.5 Å². The minimum atomic E-state index is -0.554. The number of aliphatic hydroxyl groups is 1. The highest BCUT2D eigenvalue weighted by Crippen LogP contribution is 2.16. The maximum absolute atomic E-state index is 9.76. The molecule has 4 heteroatoms. The normalized spacial score (nSPS) is 20.5. The number of nitrogens with one attached hydrogen (secondary N) is 2. The molecule has 2 heterocycles. The van der Waals surface area contributed by atoms with E-state index in [4.69, 9.17) is 0 Å². The second-order valence-electron chi connectivity index (χ2n) is 3.55. The Kier molecular flexibility index (Phi) is 1.66. The van der Waals surface area contributed by atoms with Crippen molar-refractivity contribution in [3.63, 3.8) is 0 Å². The smallest absolute Gasteiger partial charge is 0.0950 e. The van der Waals surface area contributed by atoms with Gasteiger partial charge in [-0.25, -0.2) is 0 Å². The molecule has 0 radical (unpaired) electrons. The number of rotatable bonds is 2. The molecule has 0 spiro atoms. The van der Waals surface area contributed by atoms with Gasteiger partial charge in [-0.1, -0.05) is 0 Å². The molecule has 0 unspecified atom stereocenters. The first-order valence-electron chi connectivity index (χ1n) is 4.12. The molecule has 1 aliphatic rings. The average Bonchev–Trinajstić information content (AvgIpc) is 2.32. The summed E-state index contributed by atoms with van der Waals surface area (Å²) in [4.78, 5) is 0. The van der Waals surface area contributed by atoms with Crippen molar-refractivity contribution in [3.05, 3.63) is 17.5 Å². The van der Waals surface area contributed by atoms with Crippen molar-refractivity contribution in [3.8, 4) is 0 Å². The molecule has 1 aliphatic heterocycles. The Morgan fingerprint density at radius 3 is 2.83 bits per heavy atom. The van der Waals surface area contributed by atoms with E-state index in [1.165, 1.54) is 0 Å². The van der Waals surface area contributed by atoms with Crippen molar-refractivity contribution in [2.45, 2.75) is 18.9 Å². The van der Waals surface area contributed by atoms with E-state index in [9.17, 15) is 5.11 Å². The lowest BCUT2D eigenvalue weighted by atomic mass is 9.91. The van der Waals surface area contributed by atoms with Crippen LogP contribution in [-0.4, -0.2) is 34.0 Å². The summed E-state index contributed by atoms with van der Waals surface area (Å²) in [7, 11) is 0. The van der Waals surface area contributed by atoms with E-state index >= 15 is 0 Å². The van der Waals surface area contributed by atoms with Crippen LogP contribution in [0.1, 0.15) is 11.4 Å². The van der Waals surface area contributed by atoms with Crippen LogP contribution >= 0.6 is 0 Å². The van der Waals surface area contributed by atoms with Crippen LogP contribution in [0.4, 0.5) is 0 Å². The molecule has 1 saturated heterocycles. The highest BCUT2D eigenvalue weighted by molar-refractivity contribution is 5.12. The number of aromatic nitrogens is 2. The molecule has 0 aromatic carbocycles. The van der Waals surface area contributed by atoms with Gasteiger partial charge in [0.05, 0.1) is 11.3 Å². The van der Waals surface area contributed by atoms with E-state index < -0.39 is 5.60 Å². The van der Waals surface area contributed by atoms with Crippen LogP contribution in [0.5, 0.6) is 0 Å². The predicted molar refractivity (Wildman–Crippen MR) is 44.8 cm³/mol. The standard InChI is InChI=1S/C8H13N3O/c1-6-2-7(11-10-6)3-8(12)4-9-5-8/h2,9,12H,3-5H2,1H3,(H,10,11). The fourth-order valence-electron chi connectivity index (χ4n) is 1.44. The quantitative estimate of drug-likeness (QED) is 0.561. The van der Waals surface area contributed by atoms with Crippen molar-refractivity contribution in [1.29, 1.82) is 0 Å². The third-order valence-corrected chi connectivity index (χ3v) is 2.18. The number of aromatic amines is 1. The Bertz CT molecular complexity index is 278. The molecular weight excluding hydrogens is 154 g/mol. The SMILES string of the molecule is Cc1cc(CC2(O)CNC2)n[nH]1. The molecule has 4 nitrogen and oxygen atoms in total. The molecule has 2 rings (SSSR count). The molecular formula is C8H13N3O. The fourth-order valence-corrected chi connectivity index (χ4v) is 1.44. The Morgan fingerprint density at radius 2 is 2.42 bits per heavy atom. The minimum absolute atomic E-state index is 0.554. The Hall–Kier alpha value is -0.870. The van der Waals surface area contributed by atoms with Crippen LogP contribution in [-0.2, 0) is 6.42 Å².